The third-order valence-electron chi connectivity index (χ3n) is 4.76. The number of ether oxygens (including phenoxy) is 4. The fourth-order valence-electron chi connectivity index (χ4n) is 3.19. The minimum Gasteiger partial charge on any atom is -0.394 e. The molecule has 0 aromatic rings. The van der Waals surface area contributed by atoms with Crippen molar-refractivity contribution in [3.63, 3.8) is 0 Å². The lowest BCUT2D eigenvalue weighted by Crippen LogP contribution is -2.61. The number of rotatable bonds is 16. The quantitative estimate of drug-likeness (QED) is 0.288. The maximum Gasteiger partial charge on any atom is 0.186 e. The highest BCUT2D eigenvalue weighted by Crippen LogP contribution is 2.27. The van der Waals surface area contributed by atoms with E-state index in [2.05, 4.69) is 57.2 Å². The predicted molar refractivity (Wildman–Crippen MR) is 119 cm³/mol. The molecule has 0 saturated carbocycles. The van der Waals surface area contributed by atoms with Crippen LogP contribution in [0.25, 0.3) is 0 Å². The van der Waals surface area contributed by atoms with Crippen LogP contribution in [0.4, 0.5) is 0 Å². The van der Waals surface area contributed by atoms with E-state index in [1.54, 1.807) is 0 Å². The fourth-order valence-corrected chi connectivity index (χ4v) is 3.19. The first-order chi connectivity index (χ1) is 14.7. The summed E-state index contributed by atoms with van der Waals surface area (Å²) >= 11 is 0. The van der Waals surface area contributed by atoms with Crippen LogP contribution in [-0.2, 0) is 18.9 Å². The van der Waals surface area contributed by atoms with Crippen LogP contribution >= 0.6 is 0 Å². The average Bonchev–Trinajstić information content (AvgIpc) is 2.75. The summed E-state index contributed by atoms with van der Waals surface area (Å²) in [6, 6.07) is 0. The van der Waals surface area contributed by atoms with Gasteiger partial charge in [-0.15, -0.1) is 0 Å². The first-order valence-corrected chi connectivity index (χ1v) is 11.4. The fraction of sp³-hybridized carbons (Fsp3) is 0.750. The molecule has 5 atom stereocenters. The van der Waals surface area contributed by atoms with E-state index in [0.29, 0.717) is 19.8 Å². The van der Waals surface area contributed by atoms with Crippen molar-refractivity contribution < 1.29 is 29.2 Å². The summed E-state index contributed by atoms with van der Waals surface area (Å²) < 4.78 is 23.9. The van der Waals surface area contributed by atoms with Gasteiger partial charge < -0.3 is 29.2 Å². The molecule has 1 unspecified atom stereocenters. The lowest BCUT2D eigenvalue weighted by Gasteiger charge is -2.43. The van der Waals surface area contributed by atoms with Gasteiger partial charge in [0.2, 0.25) is 0 Å². The van der Waals surface area contributed by atoms with Gasteiger partial charge >= 0.3 is 0 Å². The molecule has 0 aromatic heterocycles. The highest BCUT2D eigenvalue weighted by atomic mass is 16.7. The Morgan fingerprint density at radius 3 is 1.63 bits per heavy atom. The lowest BCUT2D eigenvalue weighted by molar-refractivity contribution is -0.315. The largest absolute Gasteiger partial charge is 0.394 e. The number of aliphatic hydroxyl groups excluding tert-OH is 2. The highest BCUT2D eigenvalue weighted by Gasteiger charge is 2.47. The van der Waals surface area contributed by atoms with Gasteiger partial charge in [-0.25, -0.2) is 0 Å². The van der Waals surface area contributed by atoms with Crippen LogP contribution in [0.15, 0.2) is 36.5 Å². The first kappa shape index (κ1) is 27.0. The van der Waals surface area contributed by atoms with Gasteiger partial charge in [0.25, 0.3) is 0 Å². The van der Waals surface area contributed by atoms with Gasteiger partial charge in [0, 0.05) is 0 Å². The molecule has 0 aliphatic carbocycles. The molecule has 0 aromatic carbocycles. The summed E-state index contributed by atoms with van der Waals surface area (Å²) in [7, 11) is 0. The van der Waals surface area contributed by atoms with Crippen molar-refractivity contribution in [3.05, 3.63) is 36.5 Å². The van der Waals surface area contributed by atoms with Gasteiger partial charge in [0.15, 0.2) is 6.29 Å². The molecule has 6 nitrogen and oxygen atoms in total. The normalized spacial score (nSPS) is 27.7. The zero-order valence-electron chi connectivity index (χ0n) is 18.9. The van der Waals surface area contributed by atoms with E-state index < -0.39 is 30.7 Å². The molecule has 1 aliphatic heterocycles. The van der Waals surface area contributed by atoms with Crippen LogP contribution in [0, 0.1) is 0 Å². The van der Waals surface area contributed by atoms with Crippen LogP contribution < -0.4 is 0 Å². The molecule has 0 amide bonds. The predicted octanol–water partition coefficient (Wildman–Crippen LogP) is 3.92. The number of hydrogen-bond acceptors (Lipinski definition) is 6. The van der Waals surface area contributed by atoms with E-state index in [9.17, 15) is 10.2 Å². The summed E-state index contributed by atoms with van der Waals surface area (Å²) in [5.41, 5.74) is 0. The van der Waals surface area contributed by atoms with Crippen molar-refractivity contribution in [1.29, 1.82) is 0 Å². The van der Waals surface area contributed by atoms with Crippen molar-refractivity contribution >= 4 is 0 Å². The molecular weight excluding hydrogens is 384 g/mol. The van der Waals surface area contributed by atoms with Crippen LogP contribution in [0.1, 0.15) is 59.3 Å². The van der Waals surface area contributed by atoms with Crippen LogP contribution in [0.2, 0.25) is 0 Å². The van der Waals surface area contributed by atoms with Crippen LogP contribution in [0.5, 0.6) is 0 Å². The Hall–Kier alpha value is -1.02. The minimum absolute atomic E-state index is 0.307. The first-order valence-electron chi connectivity index (χ1n) is 11.4. The topological polar surface area (TPSA) is 77.4 Å². The van der Waals surface area contributed by atoms with Gasteiger partial charge in [-0.3, -0.25) is 0 Å². The maximum atomic E-state index is 10.7. The summed E-state index contributed by atoms with van der Waals surface area (Å²) in [4.78, 5) is 0. The summed E-state index contributed by atoms with van der Waals surface area (Å²) in [5.74, 6) is 0. The van der Waals surface area contributed by atoms with E-state index in [-0.39, 0.29) is 6.61 Å². The van der Waals surface area contributed by atoms with E-state index >= 15 is 0 Å². The zero-order valence-corrected chi connectivity index (χ0v) is 18.9. The molecule has 0 spiro atoms. The molecule has 2 N–H and O–H groups in total. The molecule has 0 bridgehead atoms. The molecule has 174 valence electrons. The Kier molecular flexibility index (Phi) is 15.9. The number of hydrogen-bond donors (Lipinski definition) is 2. The van der Waals surface area contributed by atoms with Crippen molar-refractivity contribution in [3.8, 4) is 0 Å². The second kappa shape index (κ2) is 17.6. The summed E-state index contributed by atoms with van der Waals surface area (Å²) in [6.07, 6.45) is 14.1. The van der Waals surface area contributed by atoms with Crippen LogP contribution in [-0.4, -0.2) is 67.3 Å². The highest BCUT2D eigenvalue weighted by molar-refractivity contribution is 4.92. The Bertz CT molecular complexity index is 490. The molecule has 1 aliphatic rings. The second-order valence-corrected chi connectivity index (χ2v) is 7.26. The standard InChI is InChI=1S/C24H42O6/c1-4-7-10-13-16-27-22-21(26)20(19-25)30-24(29-18-15-12-9-6-3)23(22)28-17-14-11-8-5-2/h7-12,20-26H,4-6,13-19H2,1-3H3/b10-7-,11-8-,12-9-/t20-,21+,22+,23-,24?/m1/s1. The van der Waals surface area contributed by atoms with E-state index in [1.165, 1.54) is 0 Å². The molecule has 1 rings (SSSR count). The summed E-state index contributed by atoms with van der Waals surface area (Å²) in [5, 5.41) is 20.4. The molecular formula is C24H42O6. The van der Waals surface area contributed by atoms with Gasteiger partial charge in [0.05, 0.1) is 26.4 Å². The van der Waals surface area contributed by atoms with Gasteiger partial charge in [-0.05, 0) is 38.5 Å². The molecule has 0 radical (unpaired) electrons. The number of allylic oxidation sites excluding steroid dienone is 3. The van der Waals surface area contributed by atoms with E-state index in [4.69, 9.17) is 18.9 Å². The van der Waals surface area contributed by atoms with Crippen molar-refractivity contribution in [2.45, 2.75) is 90.0 Å². The monoisotopic (exact) mass is 426 g/mol. The Labute approximate surface area is 182 Å². The van der Waals surface area contributed by atoms with Crippen molar-refractivity contribution in [2.75, 3.05) is 26.4 Å². The van der Waals surface area contributed by atoms with Crippen molar-refractivity contribution in [2.24, 2.45) is 0 Å². The minimum atomic E-state index is -0.985. The SMILES string of the molecule is CC/C=C\CCOC1O[C@H](CO)[C@H](O)[C@H](OCC/C=C\CC)[C@H]1OCC/C=C\CC. The maximum absolute atomic E-state index is 10.7. The zero-order chi connectivity index (χ0) is 22.0. The average molecular weight is 427 g/mol. The Morgan fingerprint density at radius 2 is 1.17 bits per heavy atom. The van der Waals surface area contributed by atoms with Gasteiger partial charge in [-0.2, -0.15) is 0 Å². The summed E-state index contributed by atoms with van der Waals surface area (Å²) in [6.45, 7) is 7.36. The third-order valence-corrected chi connectivity index (χ3v) is 4.76. The van der Waals surface area contributed by atoms with Crippen LogP contribution in [0.3, 0.4) is 0 Å². The Balaban J connectivity index is 2.80. The molecule has 6 heteroatoms. The van der Waals surface area contributed by atoms with E-state index in [1.807, 2.05) is 0 Å². The third kappa shape index (κ3) is 10.3. The van der Waals surface area contributed by atoms with Crippen molar-refractivity contribution in [1.82, 2.24) is 0 Å². The Morgan fingerprint density at radius 1 is 0.700 bits per heavy atom. The smallest absolute Gasteiger partial charge is 0.186 e. The lowest BCUT2D eigenvalue weighted by atomic mass is 9.98. The molecule has 1 saturated heterocycles. The van der Waals surface area contributed by atoms with Gasteiger partial charge in [-0.1, -0.05) is 57.2 Å². The number of aliphatic hydroxyl groups is 2. The second-order valence-electron chi connectivity index (χ2n) is 7.26. The molecule has 1 fully saturated rings. The molecule has 30 heavy (non-hydrogen) atoms. The molecule has 1 heterocycles. The van der Waals surface area contributed by atoms with E-state index in [0.717, 1.165) is 38.5 Å². The van der Waals surface area contributed by atoms with Gasteiger partial charge in [0.1, 0.15) is 24.4 Å².